The predicted molar refractivity (Wildman–Crippen MR) is 129 cm³/mol. The maximum atomic E-state index is 12.9. The molecule has 4 atom stereocenters. The zero-order valence-corrected chi connectivity index (χ0v) is 21.8. The normalized spacial score (nSPS) is 31.8. The number of ether oxygens (including phenoxy) is 1. The molecule has 0 aromatic heterocycles. The van der Waals surface area contributed by atoms with Gasteiger partial charge in [-0.05, 0) is 61.9 Å². The van der Waals surface area contributed by atoms with E-state index in [0.29, 0.717) is 12.2 Å². The lowest BCUT2D eigenvalue weighted by atomic mass is 9.49. The third kappa shape index (κ3) is 3.05. The number of phenols is 1. The summed E-state index contributed by atoms with van der Waals surface area (Å²) in [5.41, 5.74) is 17.4. The van der Waals surface area contributed by atoms with Crippen molar-refractivity contribution in [2.75, 3.05) is 13.1 Å². The van der Waals surface area contributed by atoms with Crippen LogP contribution in [0.2, 0.25) is 0 Å². The second-order valence-electron chi connectivity index (χ2n) is 11.4. The number of fused-ring (bicyclic) bond motifs is 3. The first-order valence-corrected chi connectivity index (χ1v) is 12.7. The van der Waals surface area contributed by atoms with Crippen LogP contribution in [0.15, 0.2) is 36.0 Å². The monoisotopic (exact) mass is 543 g/mol. The summed E-state index contributed by atoms with van der Waals surface area (Å²) in [4.78, 5) is 5.57. The molecule has 10 heteroatoms. The summed E-state index contributed by atoms with van der Waals surface area (Å²) in [6, 6.07) is 9.96. The van der Waals surface area contributed by atoms with E-state index in [-0.39, 0.29) is 48.7 Å². The number of hydrogen-bond donors (Lipinski definition) is 6. The van der Waals surface area contributed by atoms with Gasteiger partial charge in [0.2, 0.25) is 0 Å². The van der Waals surface area contributed by atoms with Crippen molar-refractivity contribution in [2.45, 2.75) is 55.3 Å². The average molecular weight is 544 g/mol. The first kappa shape index (κ1) is 24.8. The second-order valence-corrected chi connectivity index (χ2v) is 11.4. The van der Waals surface area contributed by atoms with E-state index < -0.39 is 11.0 Å². The van der Waals surface area contributed by atoms with Crippen molar-refractivity contribution in [3.8, 4) is 11.5 Å². The van der Waals surface area contributed by atoms with Gasteiger partial charge in [-0.3, -0.25) is 21.7 Å². The van der Waals surface area contributed by atoms with Crippen LogP contribution in [0, 0.1) is 5.92 Å². The molecule has 3 aliphatic carbocycles. The van der Waals surface area contributed by atoms with E-state index in [1.807, 2.05) is 6.07 Å². The van der Waals surface area contributed by atoms with E-state index in [1.54, 1.807) is 6.07 Å². The fourth-order valence-electron chi connectivity index (χ4n) is 7.99. The van der Waals surface area contributed by atoms with E-state index in [4.69, 9.17) is 16.2 Å². The highest BCUT2D eigenvalue weighted by molar-refractivity contribution is 5.83. The summed E-state index contributed by atoms with van der Waals surface area (Å²) >= 11 is 0. The molecule has 1 saturated heterocycles. The molecule has 1 saturated carbocycles. The fraction of sp³-hybridized carbons (Fsp3) is 0.444. The van der Waals surface area contributed by atoms with Crippen LogP contribution in [0.25, 0.3) is 5.57 Å². The van der Waals surface area contributed by atoms with Crippen LogP contribution in [0.5, 0.6) is 11.5 Å². The molecule has 2 fully saturated rings. The lowest BCUT2D eigenvalue weighted by molar-refractivity contribution is -0.524. The lowest BCUT2D eigenvalue weighted by Gasteiger charge is -2.62. The minimum atomic E-state index is -0.979. The molecule has 0 radical (unpaired) electrons. The van der Waals surface area contributed by atoms with Crippen molar-refractivity contribution >= 4 is 22.9 Å². The number of quaternary nitrogens is 1. The Balaban J connectivity index is 0.00000126. The SMILES string of the molecule is NC(N)=[NH+]c1ccc2c(c1)C1=C([NH2+]2)[C@@H]2Oc3c(O)ccc4c3[C@@]23CCN(CC2CC2)[C@@H](C4)[C@]3(O)C1.[Cl-].[Cl-]. The number of guanidine groups is 1. The number of phenolic OH excluding ortho intramolecular Hbond substituents is 1. The molecule has 196 valence electrons. The molecule has 3 aliphatic heterocycles. The van der Waals surface area contributed by atoms with Crippen LogP contribution in [0.4, 0.5) is 11.4 Å². The first-order chi connectivity index (χ1) is 16.9. The van der Waals surface area contributed by atoms with Gasteiger partial charge in [-0.25, -0.2) is 4.99 Å². The Morgan fingerprint density at radius 2 is 2.00 bits per heavy atom. The van der Waals surface area contributed by atoms with E-state index in [1.165, 1.54) is 18.4 Å². The topological polar surface area (TPSA) is 136 Å². The quantitative estimate of drug-likeness (QED) is 0.129. The minimum Gasteiger partial charge on any atom is -1.00 e. The molecule has 6 aliphatic rings. The van der Waals surface area contributed by atoms with Crippen molar-refractivity contribution in [3.63, 3.8) is 0 Å². The Morgan fingerprint density at radius 3 is 2.76 bits per heavy atom. The number of hydrogen-bond acceptors (Lipinski definition) is 4. The zero-order valence-electron chi connectivity index (χ0n) is 20.3. The molecule has 9 N–H and O–H groups in total. The number of rotatable bonds is 3. The molecule has 3 heterocycles. The number of piperidine rings is 1. The Kier molecular flexibility index (Phi) is 5.37. The summed E-state index contributed by atoms with van der Waals surface area (Å²) in [5.74, 6) is 1.65. The molecule has 2 bridgehead atoms. The van der Waals surface area contributed by atoms with Gasteiger partial charge in [-0.15, -0.1) is 0 Å². The van der Waals surface area contributed by atoms with Gasteiger partial charge in [0.05, 0.1) is 11.0 Å². The number of benzene rings is 2. The smallest absolute Gasteiger partial charge is 0.343 e. The maximum Gasteiger partial charge on any atom is 0.343 e. The summed E-state index contributed by atoms with van der Waals surface area (Å²) in [6.07, 6.45) is 4.44. The number of nitrogens with one attached hydrogen (secondary N) is 1. The van der Waals surface area contributed by atoms with Gasteiger partial charge in [0.15, 0.2) is 23.3 Å². The number of aromatic hydroxyl groups is 1. The van der Waals surface area contributed by atoms with Crippen molar-refractivity contribution in [1.29, 1.82) is 0 Å². The standard InChI is InChI=1S/C27H29N5O3.2ClH/c28-25(29)30-15-4-5-18-16(10-15)17-11-27(34)20-9-14-3-6-19(33)23-21(14)26(27,24(35-23)22(17)31-18)7-8-32(20)12-13-1-2-13;;/h3-6,10,13,20,24,31,33-34H,1-2,7-9,11-12H2,(H4,28,29,30);2*1H/t20-,24-,26-,27+;;/m0../s1. The van der Waals surface area contributed by atoms with Gasteiger partial charge in [0, 0.05) is 41.8 Å². The van der Waals surface area contributed by atoms with Crippen LogP contribution in [-0.4, -0.2) is 51.9 Å². The van der Waals surface area contributed by atoms with E-state index in [9.17, 15) is 10.2 Å². The second kappa shape index (κ2) is 8.01. The van der Waals surface area contributed by atoms with Crippen LogP contribution in [0.1, 0.15) is 42.4 Å². The minimum absolute atomic E-state index is 0. The Hall–Kier alpha value is -2.49. The van der Waals surface area contributed by atoms with Gasteiger partial charge >= 0.3 is 5.96 Å². The highest BCUT2D eigenvalue weighted by Crippen LogP contribution is 2.67. The van der Waals surface area contributed by atoms with Crippen molar-refractivity contribution in [2.24, 2.45) is 17.4 Å². The molecule has 8 nitrogen and oxygen atoms in total. The molecular formula is C27H31Cl2N5O3. The molecule has 8 rings (SSSR count). The van der Waals surface area contributed by atoms with E-state index in [0.717, 1.165) is 65.6 Å². The molecule has 2 aromatic rings. The van der Waals surface area contributed by atoms with Crippen molar-refractivity contribution in [3.05, 3.63) is 52.7 Å². The summed E-state index contributed by atoms with van der Waals surface area (Å²) in [6.45, 7) is 2.01. The Labute approximate surface area is 227 Å². The van der Waals surface area contributed by atoms with Gasteiger partial charge in [0.1, 0.15) is 11.4 Å². The van der Waals surface area contributed by atoms with Crippen molar-refractivity contribution in [1.82, 2.24) is 4.90 Å². The molecule has 1 spiro atoms. The Morgan fingerprint density at radius 1 is 1.19 bits per heavy atom. The van der Waals surface area contributed by atoms with Crippen molar-refractivity contribution < 1.29 is 50.1 Å². The van der Waals surface area contributed by atoms with Crippen LogP contribution in [-0.2, 0) is 11.8 Å². The largest absolute Gasteiger partial charge is 1.00 e. The highest BCUT2D eigenvalue weighted by atomic mass is 35.5. The number of halogens is 2. The third-order valence-electron chi connectivity index (χ3n) is 9.57. The number of nitrogens with zero attached hydrogens (tertiary/aromatic N) is 1. The third-order valence-corrected chi connectivity index (χ3v) is 9.57. The van der Waals surface area contributed by atoms with Gasteiger partial charge in [0.25, 0.3) is 0 Å². The zero-order chi connectivity index (χ0) is 23.7. The highest BCUT2D eigenvalue weighted by Gasteiger charge is 2.74. The first-order valence-electron chi connectivity index (χ1n) is 12.7. The molecule has 37 heavy (non-hydrogen) atoms. The lowest BCUT2D eigenvalue weighted by Crippen LogP contribution is -3.00. The van der Waals surface area contributed by atoms with Gasteiger partial charge in [-0.2, -0.15) is 0 Å². The summed E-state index contributed by atoms with van der Waals surface area (Å²) in [5, 5.41) is 25.9. The number of aliphatic hydroxyl groups is 1. The van der Waals surface area contributed by atoms with Crippen LogP contribution < -0.4 is 51.3 Å². The van der Waals surface area contributed by atoms with E-state index in [2.05, 4.69) is 33.4 Å². The van der Waals surface area contributed by atoms with Crippen LogP contribution >= 0.6 is 0 Å². The molecule has 0 unspecified atom stereocenters. The van der Waals surface area contributed by atoms with E-state index >= 15 is 0 Å². The molecule has 0 amide bonds. The van der Waals surface area contributed by atoms with Gasteiger partial charge in [-0.1, -0.05) is 6.07 Å². The average Bonchev–Trinajstić information content (AvgIpc) is 3.46. The van der Waals surface area contributed by atoms with Gasteiger partial charge < -0.3 is 39.8 Å². The summed E-state index contributed by atoms with van der Waals surface area (Å²) < 4.78 is 6.67. The summed E-state index contributed by atoms with van der Waals surface area (Å²) in [7, 11) is 0. The van der Waals surface area contributed by atoms with Crippen LogP contribution in [0.3, 0.4) is 0 Å². The predicted octanol–water partition coefficient (Wildman–Crippen LogP) is -6.82. The number of nitrogens with two attached hydrogens (primary N) is 3. The molecular weight excluding hydrogens is 513 g/mol. The fourth-order valence-corrected chi connectivity index (χ4v) is 7.99. The maximum absolute atomic E-state index is 12.9. The molecule has 2 aromatic carbocycles. The Bertz CT molecular complexity index is 1390. The number of likely N-dealkylation sites (tertiary alicyclic amines) is 1.